The number of aliphatic hydroxyl groups excluding tert-OH is 2. The van der Waals surface area contributed by atoms with Crippen LogP contribution in [0.4, 0.5) is 13.2 Å². The van der Waals surface area contributed by atoms with Crippen molar-refractivity contribution >= 4 is 6.29 Å². The molecule has 0 aromatic carbocycles. The van der Waals surface area contributed by atoms with Gasteiger partial charge in [0.1, 0.15) is 0 Å². The third kappa shape index (κ3) is 5.90. The molecule has 0 aliphatic carbocycles. The van der Waals surface area contributed by atoms with Gasteiger partial charge in [-0.25, -0.2) is 0 Å². The van der Waals surface area contributed by atoms with Crippen molar-refractivity contribution < 1.29 is 28.2 Å². The van der Waals surface area contributed by atoms with Gasteiger partial charge in [-0.1, -0.05) is 0 Å². The smallest absolute Gasteiger partial charge is 0.395 e. The Balaban J connectivity index is 0.000000255. The van der Waals surface area contributed by atoms with Crippen molar-refractivity contribution in [1.29, 1.82) is 0 Å². The average Bonchev–Trinajstić information content (AvgIpc) is 2.03. The zero-order chi connectivity index (χ0) is 11.2. The molecule has 1 fully saturated rings. The highest BCUT2D eigenvalue weighted by atomic mass is 19.4. The van der Waals surface area contributed by atoms with E-state index >= 15 is 0 Å². The molecule has 0 unspecified atom stereocenters. The van der Waals surface area contributed by atoms with Crippen molar-refractivity contribution in [2.75, 3.05) is 13.2 Å². The molecule has 3 N–H and O–H groups in total. The first-order valence-electron chi connectivity index (χ1n) is 3.93. The lowest BCUT2D eigenvalue weighted by Crippen LogP contribution is -2.55. The van der Waals surface area contributed by atoms with E-state index in [0.717, 1.165) is 6.42 Å². The summed E-state index contributed by atoms with van der Waals surface area (Å²) in [6, 6.07) is 0.485. The number of aldehydes is 1. The molecule has 0 aromatic heterocycles. The minimum absolute atomic E-state index is 0.191. The van der Waals surface area contributed by atoms with Crippen molar-refractivity contribution in [2.24, 2.45) is 0 Å². The minimum Gasteiger partial charge on any atom is -0.395 e. The number of hydrogen-bond donors (Lipinski definition) is 3. The molecule has 0 spiro atoms. The van der Waals surface area contributed by atoms with Crippen LogP contribution in [0.2, 0.25) is 0 Å². The number of rotatable bonds is 2. The SMILES string of the molecule is O=CC(F)(F)F.OC[C@@H]1C[C@@H](CO)N1. The van der Waals surface area contributed by atoms with Crippen LogP contribution in [-0.4, -0.2) is 48.0 Å². The average molecular weight is 215 g/mol. The maximum absolute atomic E-state index is 10.4. The van der Waals surface area contributed by atoms with Crippen LogP contribution in [0.25, 0.3) is 0 Å². The van der Waals surface area contributed by atoms with Crippen molar-refractivity contribution in [3.05, 3.63) is 0 Å². The van der Waals surface area contributed by atoms with E-state index in [-0.39, 0.29) is 25.3 Å². The quantitative estimate of drug-likeness (QED) is 0.540. The standard InChI is InChI=1S/C5H11NO2.C2HF3O/c7-2-4-1-5(3-8)6-4;3-2(4,5)1-6/h4-8H,1-3H2;1H/t4-,5-;/m0./s1. The van der Waals surface area contributed by atoms with Crippen LogP contribution in [0.15, 0.2) is 0 Å². The van der Waals surface area contributed by atoms with E-state index in [0.29, 0.717) is 0 Å². The third-order valence-electron chi connectivity index (χ3n) is 1.61. The Morgan fingerprint density at radius 3 is 1.71 bits per heavy atom. The molecule has 1 saturated heterocycles. The van der Waals surface area contributed by atoms with Gasteiger partial charge in [0.25, 0.3) is 0 Å². The Labute approximate surface area is 78.7 Å². The van der Waals surface area contributed by atoms with Crippen LogP contribution in [0.3, 0.4) is 0 Å². The van der Waals surface area contributed by atoms with Gasteiger partial charge in [0, 0.05) is 12.1 Å². The maximum atomic E-state index is 10.4. The van der Waals surface area contributed by atoms with Gasteiger partial charge in [-0.3, -0.25) is 4.79 Å². The number of hydrogen-bond acceptors (Lipinski definition) is 4. The molecule has 0 amide bonds. The third-order valence-corrected chi connectivity index (χ3v) is 1.61. The Hall–Kier alpha value is -0.660. The predicted molar refractivity (Wildman–Crippen MR) is 41.6 cm³/mol. The zero-order valence-electron chi connectivity index (χ0n) is 7.29. The molecule has 4 nitrogen and oxygen atoms in total. The van der Waals surface area contributed by atoms with Crippen molar-refractivity contribution in [2.45, 2.75) is 24.7 Å². The summed E-state index contributed by atoms with van der Waals surface area (Å²) in [6.07, 6.45) is -4.79. The highest BCUT2D eigenvalue weighted by molar-refractivity contribution is 5.56. The Kier molecular flexibility index (Phi) is 5.66. The molecule has 7 heteroatoms. The predicted octanol–water partition coefficient (Wildman–Crippen LogP) is -0.551. The first kappa shape index (κ1) is 13.3. The highest BCUT2D eigenvalue weighted by Gasteiger charge is 2.25. The van der Waals surface area contributed by atoms with E-state index in [9.17, 15) is 13.2 Å². The highest BCUT2D eigenvalue weighted by Crippen LogP contribution is 2.09. The number of carbonyl (C=O) groups excluding carboxylic acids is 1. The Morgan fingerprint density at radius 1 is 1.29 bits per heavy atom. The lowest BCUT2D eigenvalue weighted by atomic mass is 9.99. The van der Waals surface area contributed by atoms with Crippen LogP contribution in [0.1, 0.15) is 6.42 Å². The van der Waals surface area contributed by atoms with Crippen molar-refractivity contribution in [3.8, 4) is 0 Å². The first-order chi connectivity index (χ1) is 6.42. The van der Waals surface area contributed by atoms with Gasteiger partial charge < -0.3 is 15.5 Å². The molecule has 0 bridgehead atoms. The summed E-state index contributed by atoms with van der Waals surface area (Å²) < 4.78 is 31.2. The fourth-order valence-electron chi connectivity index (χ4n) is 0.907. The fourth-order valence-corrected chi connectivity index (χ4v) is 0.907. The van der Waals surface area contributed by atoms with Gasteiger partial charge in [-0.2, -0.15) is 13.2 Å². The maximum Gasteiger partial charge on any atom is 0.446 e. The molecule has 14 heavy (non-hydrogen) atoms. The van der Waals surface area contributed by atoms with Crippen LogP contribution in [0.5, 0.6) is 0 Å². The molecule has 0 aromatic rings. The second-order valence-electron chi connectivity index (χ2n) is 2.82. The van der Waals surface area contributed by atoms with E-state index in [4.69, 9.17) is 15.0 Å². The Morgan fingerprint density at radius 2 is 1.57 bits per heavy atom. The van der Waals surface area contributed by atoms with E-state index < -0.39 is 12.5 Å². The van der Waals surface area contributed by atoms with E-state index in [1.54, 1.807) is 0 Å². The van der Waals surface area contributed by atoms with Gasteiger partial charge in [0.2, 0.25) is 6.29 Å². The molecule has 2 atom stereocenters. The summed E-state index contributed by atoms with van der Waals surface area (Å²) in [5.74, 6) is 0. The number of halogens is 3. The van der Waals surface area contributed by atoms with Crippen LogP contribution in [-0.2, 0) is 4.79 Å². The normalized spacial score (nSPS) is 25.8. The topological polar surface area (TPSA) is 69.6 Å². The number of carbonyl (C=O) groups is 1. The second-order valence-corrected chi connectivity index (χ2v) is 2.82. The summed E-state index contributed by atoms with van der Waals surface area (Å²) >= 11 is 0. The molecule has 1 aliphatic heterocycles. The lowest BCUT2D eigenvalue weighted by Gasteiger charge is -2.34. The largest absolute Gasteiger partial charge is 0.446 e. The number of alkyl halides is 3. The van der Waals surface area contributed by atoms with Crippen LogP contribution in [0, 0.1) is 0 Å². The molecular weight excluding hydrogens is 203 g/mol. The van der Waals surface area contributed by atoms with Gasteiger partial charge in [-0.15, -0.1) is 0 Å². The summed E-state index contributed by atoms with van der Waals surface area (Å²) in [4.78, 5) is 8.70. The molecule has 1 aliphatic rings. The first-order valence-corrected chi connectivity index (χ1v) is 3.93. The summed E-state index contributed by atoms with van der Waals surface area (Å²) in [5.41, 5.74) is 0. The fraction of sp³-hybridized carbons (Fsp3) is 0.857. The molecular formula is C7H12F3NO3. The Bertz CT molecular complexity index is 160. The van der Waals surface area contributed by atoms with Crippen molar-refractivity contribution in [3.63, 3.8) is 0 Å². The van der Waals surface area contributed by atoms with E-state index in [1.807, 2.05) is 0 Å². The lowest BCUT2D eigenvalue weighted by molar-refractivity contribution is -0.156. The molecule has 0 saturated carbocycles. The van der Waals surface area contributed by atoms with Gasteiger partial charge >= 0.3 is 6.18 Å². The summed E-state index contributed by atoms with van der Waals surface area (Å²) in [5, 5.41) is 19.9. The summed E-state index contributed by atoms with van der Waals surface area (Å²) in [6.45, 7) is 0.382. The molecule has 1 rings (SSSR count). The zero-order valence-corrected chi connectivity index (χ0v) is 7.29. The number of aliphatic hydroxyl groups is 2. The van der Waals surface area contributed by atoms with Gasteiger partial charge in [0.15, 0.2) is 0 Å². The van der Waals surface area contributed by atoms with Crippen LogP contribution >= 0.6 is 0 Å². The van der Waals surface area contributed by atoms with E-state index in [2.05, 4.69) is 5.32 Å². The van der Waals surface area contributed by atoms with Gasteiger partial charge in [0.05, 0.1) is 13.2 Å². The molecule has 1 heterocycles. The minimum atomic E-state index is -4.64. The second kappa shape index (κ2) is 5.94. The summed E-state index contributed by atoms with van der Waals surface area (Å²) in [7, 11) is 0. The molecule has 0 radical (unpaired) electrons. The number of nitrogens with one attached hydrogen (secondary N) is 1. The van der Waals surface area contributed by atoms with E-state index in [1.165, 1.54) is 0 Å². The van der Waals surface area contributed by atoms with Crippen molar-refractivity contribution in [1.82, 2.24) is 5.32 Å². The molecule has 84 valence electrons. The monoisotopic (exact) mass is 215 g/mol. The van der Waals surface area contributed by atoms with Crippen LogP contribution < -0.4 is 5.32 Å². The van der Waals surface area contributed by atoms with Gasteiger partial charge in [-0.05, 0) is 6.42 Å².